The van der Waals surface area contributed by atoms with Crippen LogP contribution >= 0.6 is 0 Å². The van der Waals surface area contributed by atoms with E-state index >= 15 is 0 Å². The predicted molar refractivity (Wildman–Crippen MR) is 64.0 cm³/mol. The lowest BCUT2D eigenvalue weighted by atomic mass is 10.0. The number of carbonyl (C=O) groups is 2. The number of allylic oxidation sites excluding steroid dienone is 1. The van der Waals surface area contributed by atoms with E-state index in [0.717, 1.165) is 5.56 Å². The third-order valence-corrected chi connectivity index (χ3v) is 2.70. The van der Waals surface area contributed by atoms with E-state index in [9.17, 15) is 9.59 Å². The molecule has 1 atom stereocenters. The van der Waals surface area contributed by atoms with Crippen LogP contribution in [-0.2, 0) is 16.0 Å². The molecule has 88 valence electrons. The van der Waals surface area contributed by atoms with Crippen molar-refractivity contribution in [1.82, 2.24) is 10.6 Å². The molecule has 0 spiro atoms. The molecule has 1 aliphatic heterocycles. The third-order valence-electron chi connectivity index (χ3n) is 2.70. The Bertz CT molecular complexity index is 466. The number of benzene rings is 1. The molecule has 17 heavy (non-hydrogen) atoms. The monoisotopic (exact) mass is 230 g/mol. The van der Waals surface area contributed by atoms with E-state index in [1.165, 1.54) is 0 Å². The van der Waals surface area contributed by atoms with Crippen LogP contribution in [0.1, 0.15) is 12.5 Å². The zero-order chi connectivity index (χ0) is 12.3. The van der Waals surface area contributed by atoms with E-state index in [2.05, 4.69) is 10.6 Å². The van der Waals surface area contributed by atoms with Crippen molar-refractivity contribution in [1.29, 1.82) is 0 Å². The minimum absolute atomic E-state index is 0.165. The van der Waals surface area contributed by atoms with Crippen molar-refractivity contribution in [2.45, 2.75) is 19.4 Å². The first-order valence-corrected chi connectivity index (χ1v) is 5.52. The van der Waals surface area contributed by atoms with Crippen LogP contribution in [0.3, 0.4) is 0 Å². The van der Waals surface area contributed by atoms with Gasteiger partial charge in [-0.15, -0.1) is 0 Å². The molecule has 0 aliphatic carbocycles. The van der Waals surface area contributed by atoms with Gasteiger partial charge in [-0.05, 0) is 12.5 Å². The first-order valence-electron chi connectivity index (χ1n) is 5.52. The lowest BCUT2D eigenvalue weighted by molar-refractivity contribution is -0.131. The number of hydrogen-bond donors (Lipinski definition) is 2. The average molecular weight is 230 g/mol. The summed E-state index contributed by atoms with van der Waals surface area (Å²) in [6.45, 7) is 1.71. The second kappa shape index (κ2) is 4.82. The second-order valence-corrected chi connectivity index (χ2v) is 3.91. The van der Waals surface area contributed by atoms with Crippen molar-refractivity contribution >= 4 is 11.8 Å². The molecule has 1 aliphatic rings. The van der Waals surface area contributed by atoms with Gasteiger partial charge in [0.1, 0.15) is 11.7 Å². The van der Waals surface area contributed by atoms with Crippen LogP contribution < -0.4 is 10.6 Å². The number of carbonyl (C=O) groups excluding carboxylic acids is 2. The van der Waals surface area contributed by atoms with Crippen LogP contribution in [0.4, 0.5) is 0 Å². The van der Waals surface area contributed by atoms with Crippen molar-refractivity contribution in [3.8, 4) is 0 Å². The molecular formula is C13H14N2O2. The first-order chi connectivity index (χ1) is 8.20. The number of amides is 2. The number of piperazine rings is 1. The van der Waals surface area contributed by atoms with Gasteiger partial charge >= 0.3 is 0 Å². The fourth-order valence-corrected chi connectivity index (χ4v) is 1.77. The van der Waals surface area contributed by atoms with Crippen LogP contribution in [0.5, 0.6) is 0 Å². The molecule has 1 saturated heterocycles. The zero-order valence-electron chi connectivity index (χ0n) is 9.57. The minimum Gasteiger partial charge on any atom is -0.339 e. The van der Waals surface area contributed by atoms with Gasteiger partial charge in [-0.1, -0.05) is 36.4 Å². The molecular weight excluding hydrogens is 216 g/mol. The molecule has 2 N–H and O–H groups in total. The highest BCUT2D eigenvalue weighted by molar-refractivity contribution is 6.04. The summed E-state index contributed by atoms with van der Waals surface area (Å²) in [7, 11) is 0. The van der Waals surface area contributed by atoms with Gasteiger partial charge in [0.25, 0.3) is 5.91 Å². The lowest BCUT2D eigenvalue weighted by Crippen LogP contribution is -2.55. The largest absolute Gasteiger partial charge is 0.339 e. The summed E-state index contributed by atoms with van der Waals surface area (Å²) in [6, 6.07) is 9.12. The maximum atomic E-state index is 11.7. The van der Waals surface area contributed by atoms with E-state index < -0.39 is 6.04 Å². The predicted octanol–water partition coefficient (Wildman–Crippen LogP) is 0.747. The summed E-state index contributed by atoms with van der Waals surface area (Å²) in [5.74, 6) is -0.394. The summed E-state index contributed by atoms with van der Waals surface area (Å²) in [4.78, 5) is 23.3. The Morgan fingerprint density at radius 2 is 1.94 bits per heavy atom. The van der Waals surface area contributed by atoms with Gasteiger partial charge in [-0.2, -0.15) is 0 Å². The summed E-state index contributed by atoms with van der Waals surface area (Å²) in [5, 5.41) is 5.29. The van der Waals surface area contributed by atoms with Crippen LogP contribution in [0, 0.1) is 0 Å². The van der Waals surface area contributed by atoms with Crippen LogP contribution in [0.2, 0.25) is 0 Å². The maximum absolute atomic E-state index is 11.7. The molecule has 0 radical (unpaired) electrons. The minimum atomic E-state index is -0.492. The average Bonchev–Trinajstić information content (AvgIpc) is 2.34. The van der Waals surface area contributed by atoms with E-state index in [4.69, 9.17) is 0 Å². The smallest absolute Gasteiger partial charge is 0.268 e. The number of rotatable bonds is 2. The Kier molecular flexibility index (Phi) is 3.23. The SMILES string of the molecule is C/C=C1\NC(=O)[C@H](Cc2ccccc2)NC1=O. The normalized spacial score (nSPS) is 22.2. The van der Waals surface area contributed by atoms with Crippen molar-refractivity contribution in [2.24, 2.45) is 0 Å². The molecule has 4 heteroatoms. The first kappa shape index (κ1) is 11.4. The van der Waals surface area contributed by atoms with E-state index in [-0.39, 0.29) is 11.8 Å². The van der Waals surface area contributed by atoms with Crippen molar-refractivity contribution in [3.63, 3.8) is 0 Å². The van der Waals surface area contributed by atoms with E-state index in [1.54, 1.807) is 13.0 Å². The molecule has 0 bridgehead atoms. The lowest BCUT2D eigenvalue weighted by Gasteiger charge is -2.24. The molecule has 0 aromatic heterocycles. The molecule has 2 amide bonds. The Balaban J connectivity index is 2.09. The molecule has 1 aromatic carbocycles. The van der Waals surface area contributed by atoms with Gasteiger partial charge < -0.3 is 10.6 Å². The molecule has 1 aromatic rings. The van der Waals surface area contributed by atoms with Crippen molar-refractivity contribution < 1.29 is 9.59 Å². The fraction of sp³-hybridized carbons (Fsp3) is 0.231. The van der Waals surface area contributed by atoms with Gasteiger partial charge in [-0.25, -0.2) is 0 Å². The fourth-order valence-electron chi connectivity index (χ4n) is 1.77. The summed E-state index contributed by atoms with van der Waals surface area (Å²) in [5.41, 5.74) is 1.34. The maximum Gasteiger partial charge on any atom is 0.268 e. The summed E-state index contributed by atoms with van der Waals surface area (Å²) < 4.78 is 0. The topological polar surface area (TPSA) is 58.2 Å². The van der Waals surface area contributed by atoms with Crippen molar-refractivity contribution in [3.05, 3.63) is 47.7 Å². The summed E-state index contributed by atoms with van der Waals surface area (Å²) >= 11 is 0. The second-order valence-electron chi connectivity index (χ2n) is 3.91. The van der Waals surface area contributed by atoms with Gasteiger partial charge in [0.15, 0.2) is 0 Å². The Hall–Kier alpha value is -2.10. The molecule has 2 rings (SSSR count). The Morgan fingerprint density at radius 3 is 2.59 bits per heavy atom. The number of hydrogen-bond acceptors (Lipinski definition) is 2. The number of nitrogens with one attached hydrogen (secondary N) is 2. The third kappa shape index (κ3) is 2.53. The van der Waals surface area contributed by atoms with Gasteiger partial charge in [0.05, 0.1) is 0 Å². The van der Waals surface area contributed by atoms with Gasteiger partial charge in [-0.3, -0.25) is 9.59 Å². The Morgan fingerprint density at radius 1 is 1.24 bits per heavy atom. The molecule has 0 unspecified atom stereocenters. The van der Waals surface area contributed by atoms with Gasteiger partial charge in [0.2, 0.25) is 5.91 Å². The van der Waals surface area contributed by atoms with E-state index in [1.807, 2.05) is 30.3 Å². The zero-order valence-corrected chi connectivity index (χ0v) is 9.57. The molecule has 1 heterocycles. The van der Waals surface area contributed by atoms with Crippen LogP contribution in [0.25, 0.3) is 0 Å². The highest BCUT2D eigenvalue weighted by atomic mass is 16.2. The highest BCUT2D eigenvalue weighted by Gasteiger charge is 2.28. The molecule has 0 saturated carbocycles. The molecule has 4 nitrogen and oxygen atoms in total. The molecule has 1 fully saturated rings. The van der Waals surface area contributed by atoms with Crippen LogP contribution in [-0.4, -0.2) is 17.9 Å². The van der Waals surface area contributed by atoms with Gasteiger partial charge in [0, 0.05) is 6.42 Å². The van der Waals surface area contributed by atoms with Crippen molar-refractivity contribution in [2.75, 3.05) is 0 Å². The Labute approximate surface area is 99.7 Å². The standard InChI is InChI=1S/C13H14N2O2/c1-2-10-12(16)15-11(13(17)14-10)8-9-6-4-3-5-7-9/h2-7,11H,8H2,1H3,(H,14,17)(H,15,16)/b10-2-/t11-/m0/s1. The van der Waals surface area contributed by atoms with Crippen LogP contribution in [0.15, 0.2) is 42.1 Å². The van der Waals surface area contributed by atoms with E-state index in [0.29, 0.717) is 12.1 Å². The quantitative estimate of drug-likeness (QED) is 0.736. The summed E-state index contributed by atoms with van der Waals surface area (Å²) in [6.07, 6.45) is 2.10. The highest BCUT2D eigenvalue weighted by Crippen LogP contribution is 2.07.